The minimum atomic E-state index is -5.20. The second kappa shape index (κ2) is 7.50. The summed E-state index contributed by atoms with van der Waals surface area (Å²) in [5, 5.41) is 20.4. The third kappa shape index (κ3) is 7.17. The third-order valence-corrected chi connectivity index (χ3v) is 4.87. The Morgan fingerprint density at radius 1 is 1.20 bits per heavy atom. The normalized spacial score (nSPS) is 11.5. The first-order valence-corrected chi connectivity index (χ1v) is 5.99. The summed E-state index contributed by atoms with van der Waals surface area (Å²) in [6.07, 6.45) is 0.500. The smallest absolute Gasteiger partial charge is 0.812 e. The van der Waals surface area contributed by atoms with Crippen LogP contribution in [0.2, 0.25) is 0 Å². The summed E-state index contributed by atoms with van der Waals surface area (Å²) in [4.78, 5) is 33.0. The van der Waals surface area contributed by atoms with E-state index in [2.05, 4.69) is 0 Å². The second-order valence-electron chi connectivity index (χ2n) is 2.15. The number of hydrogen-bond donors (Lipinski definition) is 5. The van der Waals surface area contributed by atoms with Crippen molar-refractivity contribution in [2.24, 2.45) is 0 Å². The molecule has 0 aromatic carbocycles. The van der Waals surface area contributed by atoms with E-state index in [1.54, 1.807) is 0 Å². The fourth-order valence-electron chi connectivity index (χ4n) is 0.170. The van der Waals surface area contributed by atoms with Gasteiger partial charge in [-0.3, -0.25) is 9.13 Å². The molecule has 0 spiro atoms. The van der Waals surface area contributed by atoms with Crippen molar-refractivity contribution in [3.8, 4) is 6.26 Å². The van der Waals surface area contributed by atoms with Crippen LogP contribution in [0.5, 0.6) is 0 Å². The van der Waals surface area contributed by atoms with Crippen molar-refractivity contribution in [1.29, 1.82) is 5.26 Å². The first kappa shape index (κ1) is 21.5. The second-order valence-corrected chi connectivity index (χ2v) is 6.42. The fourth-order valence-corrected chi connectivity index (χ4v) is 1.53. The molecule has 0 bridgehead atoms. The molecule has 0 aliphatic carbocycles. The molecule has 15 heavy (non-hydrogen) atoms. The van der Waals surface area contributed by atoms with Crippen LogP contribution in [0.25, 0.3) is 0 Å². The van der Waals surface area contributed by atoms with E-state index < -0.39 is 20.3 Å². The topological polar surface area (TPSA) is 182 Å². The van der Waals surface area contributed by atoms with E-state index in [9.17, 15) is 9.13 Å². The van der Waals surface area contributed by atoms with Crippen LogP contribution in [0.3, 0.4) is 0 Å². The maximum Gasteiger partial charge on any atom is 1.00 e. The first-order valence-electron chi connectivity index (χ1n) is 2.76. The molecule has 0 rings (SSSR count). The van der Waals surface area contributed by atoms with Crippen LogP contribution in [0, 0.1) is 11.5 Å². The van der Waals surface area contributed by atoms with E-state index in [4.69, 9.17) is 35.0 Å². The number of hydrogen-bond acceptors (Lipinski definition) is 5. The number of nitriles is 1. The summed E-state index contributed by atoms with van der Waals surface area (Å²) < 4.78 is 20.5. The Balaban J connectivity index is -0.000000320. The van der Waals surface area contributed by atoms with Crippen molar-refractivity contribution in [3.63, 3.8) is 0 Å². The molecule has 5 N–H and O–H groups in total. The largest absolute Gasteiger partial charge is 1.00 e. The average Bonchev–Trinajstić information content (AvgIpc) is 1.83. The van der Waals surface area contributed by atoms with Gasteiger partial charge in [0.15, 0.2) is 0 Å². The summed E-state index contributed by atoms with van der Waals surface area (Å²) in [6.45, 7) is 0.383. The monoisotopic (exact) mass is 287 g/mol. The van der Waals surface area contributed by atoms with Crippen molar-refractivity contribution in [2.75, 3.05) is 0 Å². The van der Waals surface area contributed by atoms with Gasteiger partial charge >= 0.3 is 66.6 Å². The fraction of sp³-hybridized carbons (Fsp3) is 0.667. The molecule has 0 atom stereocenters. The van der Waals surface area contributed by atoms with Gasteiger partial charge in [-0.1, -0.05) is 0 Å². The Morgan fingerprint density at radius 2 is 1.33 bits per heavy atom. The van der Waals surface area contributed by atoms with E-state index in [0.29, 0.717) is 13.2 Å². The molecular weight excluding hydrogens is 279 g/mol. The van der Waals surface area contributed by atoms with Gasteiger partial charge in [0.1, 0.15) is 0 Å². The van der Waals surface area contributed by atoms with Crippen LogP contribution < -0.4 is 56.5 Å². The van der Waals surface area contributed by atoms with Crippen LogP contribution in [0.15, 0.2) is 0 Å². The van der Waals surface area contributed by atoms with Crippen molar-refractivity contribution >= 4 is 15.2 Å². The Labute approximate surface area is 127 Å². The molecule has 9 nitrogen and oxygen atoms in total. The summed E-state index contributed by atoms with van der Waals surface area (Å²) >= 11 is 0. The molecule has 0 saturated carbocycles. The predicted molar refractivity (Wildman–Crippen MR) is 40.3 cm³/mol. The van der Waals surface area contributed by atoms with Crippen molar-refractivity contribution in [3.05, 3.63) is 0 Å². The molecule has 0 aromatic rings. The zero-order chi connectivity index (χ0) is 12.2. The van der Waals surface area contributed by atoms with Crippen LogP contribution >= 0.6 is 15.2 Å². The van der Waals surface area contributed by atoms with E-state index >= 15 is 0 Å². The third-order valence-electron chi connectivity index (χ3n) is 1.10. The summed E-state index contributed by atoms with van der Waals surface area (Å²) in [5.41, 5.74) is 0. The number of rotatable bonds is 2. The molecule has 0 aliphatic heterocycles. The van der Waals surface area contributed by atoms with E-state index in [-0.39, 0.29) is 51.4 Å². The van der Waals surface area contributed by atoms with Crippen molar-refractivity contribution in [2.45, 2.75) is 12.0 Å². The molecule has 0 saturated heterocycles. The van der Waals surface area contributed by atoms with Crippen LogP contribution in [0.4, 0.5) is 0 Å². The maximum atomic E-state index is 10.3. The van der Waals surface area contributed by atoms with Crippen LogP contribution in [-0.4, -0.2) is 29.8 Å². The predicted octanol–water partition coefficient (Wildman–Crippen LogP) is -5.16. The molecule has 0 heterocycles. The van der Waals surface area contributed by atoms with Crippen LogP contribution in [-0.2, 0) is 9.13 Å². The van der Waals surface area contributed by atoms with Gasteiger partial charge in [0, 0.05) is 6.26 Å². The SMILES string of the molecule is CC(O)(P(=O)(O)O)P(=O)(O)O.N#C[O-].[K+]. The van der Waals surface area contributed by atoms with Crippen molar-refractivity contribution in [1.82, 2.24) is 0 Å². The zero-order valence-corrected chi connectivity index (χ0v) is 12.7. The minimum absolute atomic E-state index is 0. The van der Waals surface area contributed by atoms with Gasteiger partial charge in [-0.05, 0) is 6.92 Å². The van der Waals surface area contributed by atoms with E-state index in [0.717, 1.165) is 0 Å². The molecule has 0 aromatic heterocycles. The number of aliphatic hydroxyl groups is 1. The van der Waals surface area contributed by atoms with Gasteiger partial charge in [0.2, 0.25) is 0 Å². The van der Waals surface area contributed by atoms with Gasteiger partial charge in [-0.25, -0.2) is 5.26 Å². The first-order chi connectivity index (χ1) is 5.91. The molecule has 84 valence electrons. The summed E-state index contributed by atoms with van der Waals surface area (Å²) in [7, 11) is -10.4. The molecule has 0 unspecified atom stereocenters. The summed E-state index contributed by atoms with van der Waals surface area (Å²) in [6, 6.07) is 0. The molecular formula is C3H8KNO8P2. The Morgan fingerprint density at radius 3 is 1.33 bits per heavy atom. The summed E-state index contributed by atoms with van der Waals surface area (Å²) in [5.74, 6) is 0. The molecule has 0 aliphatic rings. The Kier molecular flexibility index (Phi) is 10.7. The minimum Gasteiger partial charge on any atom is -0.812 e. The van der Waals surface area contributed by atoms with Gasteiger partial charge < -0.3 is 29.8 Å². The number of nitrogens with zero attached hydrogens (tertiary/aromatic N) is 1. The van der Waals surface area contributed by atoms with Crippen LogP contribution in [0.1, 0.15) is 6.92 Å². The van der Waals surface area contributed by atoms with Gasteiger partial charge in [-0.15, -0.1) is 0 Å². The van der Waals surface area contributed by atoms with Gasteiger partial charge in [0.05, 0.1) is 0 Å². The average molecular weight is 287 g/mol. The quantitative estimate of drug-likeness (QED) is 0.188. The molecule has 0 amide bonds. The standard InChI is InChI=1S/C2H8O7P2.CHNO.K/c1-2(3,10(4,5)6)11(7,8)9;2-1-3;/h3H,1H3,(H2,4,5,6)(H2,7,8,9);3H;/q;;+1/p-1. The Bertz CT molecular complexity index is 286. The molecule has 12 heteroatoms. The molecule has 0 radical (unpaired) electrons. The van der Waals surface area contributed by atoms with Gasteiger partial charge in [0.25, 0.3) is 5.08 Å². The zero-order valence-electron chi connectivity index (χ0n) is 7.80. The maximum absolute atomic E-state index is 10.3. The Hall–Kier alpha value is 1.19. The van der Waals surface area contributed by atoms with Gasteiger partial charge in [-0.2, -0.15) is 0 Å². The van der Waals surface area contributed by atoms with E-state index in [1.165, 1.54) is 0 Å². The molecule has 0 fully saturated rings. The van der Waals surface area contributed by atoms with E-state index in [1.807, 2.05) is 0 Å². The van der Waals surface area contributed by atoms with Crippen molar-refractivity contribution < 1.29 is 90.3 Å².